The Balaban J connectivity index is 4.37. The predicted octanol–water partition coefficient (Wildman–Crippen LogP) is 0.692. The van der Waals surface area contributed by atoms with Crippen LogP contribution in [0.2, 0.25) is 0 Å². The van der Waals surface area contributed by atoms with E-state index in [1.54, 1.807) is 13.8 Å². The SMILES string of the molecule is CCOC(=O)CN(CC)C(=O)NCC(C)(C)C(=O)O. The van der Waals surface area contributed by atoms with Crippen LogP contribution in [0.25, 0.3) is 0 Å². The molecule has 0 saturated carbocycles. The number of carboxylic acid groups (broad SMARTS) is 1. The third-order valence-corrected chi connectivity index (χ3v) is 2.55. The maximum absolute atomic E-state index is 11.8. The van der Waals surface area contributed by atoms with Crippen LogP contribution in [0.5, 0.6) is 0 Å². The Morgan fingerprint density at radius 1 is 1.26 bits per heavy atom. The summed E-state index contributed by atoms with van der Waals surface area (Å²) in [7, 11) is 0. The number of carbonyl (C=O) groups excluding carboxylic acids is 2. The minimum atomic E-state index is -1.06. The predicted molar refractivity (Wildman–Crippen MR) is 68.7 cm³/mol. The van der Waals surface area contributed by atoms with Gasteiger partial charge >= 0.3 is 18.0 Å². The first-order chi connectivity index (χ1) is 8.74. The normalized spacial score (nSPS) is 10.7. The monoisotopic (exact) mass is 274 g/mol. The van der Waals surface area contributed by atoms with E-state index in [1.165, 1.54) is 18.7 Å². The minimum absolute atomic E-state index is 0.0134. The number of rotatable bonds is 7. The molecule has 0 unspecified atom stereocenters. The van der Waals surface area contributed by atoms with Crippen molar-refractivity contribution in [1.29, 1.82) is 0 Å². The molecular formula is C12H22N2O5. The molecule has 2 N–H and O–H groups in total. The van der Waals surface area contributed by atoms with Crippen LogP contribution in [0.3, 0.4) is 0 Å². The largest absolute Gasteiger partial charge is 0.481 e. The van der Waals surface area contributed by atoms with Crippen LogP contribution in [-0.4, -0.2) is 54.2 Å². The lowest BCUT2D eigenvalue weighted by Crippen LogP contribution is -2.47. The van der Waals surface area contributed by atoms with Crippen LogP contribution in [0, 0.1) is 5.41 Å². The molecular weight excluding hydrogens is 252 g/mol. The lowest BCUT2D eigenvalue weighted by molar-refractivity contribution is -0.147. The Labute approximate surface area is 112 Å². The summed E-state index contributed by atoms with van der Waals surface area (Å²) in [6, 6.07) is -0.482. The van der Waals surface area contributed by atoms with Gasteiger partial charge < -0.3 is 20.1 Å². The van der Waals surface area contributed by atoms with Crippen LogP contribution in [-0.2, 0) is 14.3 Å². The first-order valence-electron chi connectivity index (χ1n) is 6.16. The summed E-state index contributed by atoms with van der Waals surface area (Å²) in [5.41, 5.74) is -1.06. The Hall–Kier alpha value is -1.79. The number of carbonyl (C=O) groups is 3. The standard InChI is InChI=1S/C12H22N2O5/c1-5-14(7-9(15)19-6-2)11(18)13-8-12(3,4)10(16)17/h5-8H2,1-4H3,(H,13,18)(H,16,17). The summed E-state index contributed by atoms with van der Waals surface area (Å²) in [5.74, 6) is -1.49. The summed E-state index contributed by atoms with van der Waals surface area (Å²) in [6.07, 6.45) is 0. The highest BCUT2D eigenvalue weighted by Crippen LogP contribution is 2.13. The molecule has 0 aromatic rings. The van der Waals surface area contributed by atoms with Gasteiger partial charge in [0.15, 0.2) is 0 Å². The van der Waals surface area contributed by atoms with Crippen molar-refractivity contribution >= 4 is 18.0 Å². The number of carboxylic acids is 1. The molecule has 0 aromatic heterocycles. The second-order valence-corrected chi connectivity index (χ2v) is 4.67. The van der Waals surface area contributed by atoms with E-state index in [-0.39, 0.29) is 19.7 Å². The molecule has 0 saturated heterocycles. The zero-order valence-corrected chi connectivity index (χ0v) is 11.9. The van der Waals surface area contributed by atoms with E-state index in [9.17, 15) is 14.4 Å². The van der Waals surface area contributed by atoms with E-state index < -0.39 is 23.4 Å². The van der Waals surface area contributed by atoms with E-state index in [4.69, 9.17) is 9.84 Å². The van der Waals surface area contributed by atoms with Gasteiger partial charge in [-0.1, -0.05) is 0 Å². The average molecular weight is 274 g/mol. The number of amides is 2. The number of likely N-dealkylation sites (N-methyl/N-ethyl adjacent to an activating group) is 1. The number of aliphatic carboxylic acids is 1. The summed E-state index contributed by atoms with van der Waals surface area (Å²) in [4.78, 5) is 35.2. The van der Waals surface area contributed by atoms with Crippen molar-refractivity contribution in [1.82, 2.24) is 10.2 Å². The highest BCUT2D eigenvalue weighted by Gasteiger charge is 2.28. The van der Waals surface area contributed by atoms with Gasteiger partial charge in [0, 0.05) is 13.1 Å². The fourth-order valence-electron chi connectivity index (χ4n) is 1.17. The van der Waals surface area contributed by atoms with Crippen molar-refractivity contribution in [2.75, 3.05) is 26.2 Å². The van der Waals surface area contributed by atoms with Crippen LogP contribution in [0.15, 0.2) is 0 Å². The van der Waals surface area contributed by atoms with Gasteiger partial charge in [0.2, 0.25) is 0 Å². The van der Waals surface area contributed by atoms with Crippen molar-refractivity contribution in [3.8, 4) is 0 Å². The van der Waals surface area contributed by atoms with Gasteiger partial charge in [-0.05, 0) is 27.7 Å². The van der Waals surface area contributed by atoms with Crippen LogP contribution >= 0.6 is 0 Å². The number of hydrogen-bond acceptors (Lipinski definition) is 4. The molecule has 19 heavy (non-hydrogen) atoms. The number of esters is 1. The highest BCUT2D eigenvalue weighted by molar-refractivity contribution is 5.81. The molecule has 0 aliphatic heterocycles. The number of ether oxygens (including phenoxy) is 1. The first kappa shape index (κ1) is 17.2. The molecule has 0 aliphatic carbocycles. The van der Waals surface area contributed by atoms with E-state index in [1.807, 2.05) is 0 Å². The van der Waals surface area contributed by atoms with Gasteiger partial charge in [-0.2, -0.15) is 0 Å². The van der Waals surface area contributed by atoms with Gasteiger partial charge in [-0.3, -0.25) is 9.59 Å². The summed E-state index contributed by atoms with van der Waals surface area (Å²) >= 11 is 0. The van der Waals surface area contributed by atoms with Gasteiger partial charge in [0.25, 0.3) is 0 Å². The average Bonchev–Trinajstić information content (AvgIpc) is 2.33. The number of nitrogens with zero attached hydrogens (tertiary/aromatic N) is 1. The fraction of sp³-hybridized carbons (Fsp3) is 0.750. The van der Waals surface area contributed by atoms with Crippen molar-refractivity contribution in [2.24, 2.45) is 5.41 Å². The molecule has 0 atom stereocenters. The molecule has 7 heteroatoms. The highest BCUT2D eigenvalue weighted by atomic mass is 16.5. The molecule has 7 nitrogen and oxygen atoms in total. The van der Waals surface area contributed by atoms with Crippen molar-refractivity contribution in [2.45, 2.75) is 27.7 Å². The maximum atomic E-state index is 11.8. The van der Waals surface area contributed by atoms with Crippen molar-refractivity contribution in [3.63, 3.8) is 0 Å². The second kappa shape index (κ2) is 7.60. The molecule has 0 aromatic carbocycles. The Morgan fingerprint density at radius 2 is 1.84 bits per heavy atom. The Kier molecular flexibility index (Phi) is 6.89. The van der Waals surface area contributed by atoms with Gasteiger partial charge in [-0.15, -0.1) is 0 Å². The molecule has 2 amide bonds. The van der Waals surface area contributed by atoms with E-state index in [0.717, 1.165) is 0 Å². The zero-order chi connectivity index (χ0) is 15.1. The second-order valence-electron chi connectivity index (χ2n) is 4.67. The molecule has 0 rings (SSSR count). The smallest absolute Gasteiger partial charge is 0.325 e. The third-order valence-electron chi connectivity index (χ3n) is 2.55. The van der Waals surface area contributed by atoms with Gasteiger partial charge in [0.1, 0.15) is 6.54 Å². The first-order valence-corrected chi connectivity index (χ1v) is 6.16. The molecule has 110 valence electrons. The molecule has 0 fully saturated rings. The zero-order valence-electron chi connectivity index (χ0n) is 11.9. The molecule has 0 radical (unpaired) electrons. The third kappa shape index (κ3) is 6.08. The Morgan fingerprint density at radius 3 is 2.26 bits per heavy atom. The lowest BCUT2D eigenvalue weighted by atomic mass is 9.94. The summed E-state index contributed by atoms with van der Waals surface area (Å²) < 4.78 is 4.75. The summed E-state index contributed by atoms with van der Waals surface area (Å²) in [6.45, 7) is 6.85. The number of hydrogen-bond donors (Lipinski definition) is 2. The van der Waals surface area contributed by atoms with Crippen molar-refractivity contribution < 1.29 is 24.2 Å². The fourth-order valence-corrected chi connectivity index (χ4v) is 1.17. The topological polar surface area (TPSA) is 95.9 Å². The van der Waals surface area contributed by atoms with E-state index in [0.29, 0.717) is 6.54 Å². The molecule has 0 bridgehead atoms. The number of nitrogens with one attached hydrogen (secondary N) is 1. The summed E-state index contributed by atoms with van der Waals surface area (Å²) in [5, 5.41) is 11.4. The number of urea groups is 1. The lowest BCUT2D eigenvalue weighted by Gasteiger charge is -2.24. The van der Waals surface area contributed by atoms with Crippen LogP contribution in [0.1, 0.15) is 27.7 Å². The van der Waals surface area contributed by atoms with Crippen LogP contribution in [0.4, 0.5) is 4.79 Å². The van der Waals surface area contributed by atoms with E-state index in [2.05, 4.69) is 5.32 Å². The maximum Gasteiger partial charge on any atom is 0.325 e. The quantitative estimate of drug-likeness (QED) is 0.666. The van der Waals surface area contributed by atoms with Crippen molar-refractivity contribution in [3.05, 3.63) is 0 Å². The molecule has 0 aliphatic rings. The van der Waals surface area contributed by atoms with Gasteiger partial charge in [-0.25, -0.2) is 4.79 Å². The molecule has 0 spiro atoms. The molecule has 0 heterocycles. The van der Waals surface area contributed by atoms with Gasteiger partial charge in [0.05, 0.1) is 12.0 Å². The van der Waals surface area contributed by atoms with Crippen LogP contribution < -0.4 is 5.32 Å². The van der Waals surface area contributed by atoms with E-state index >= 15 is 0 Å². The minimum Gasteiger partial charge on any atom is -0.481 e. The Bertz CT molecular complexity index is 341.